The summed E-state index contributed by atoms with van der Waals surface area (Å²) in [7, 11) is 1.65. The molecule has 26 heavy (non-hydrogen) atoms. The Morgan fingerprint density at radius 1 is 1.42 bits per heavy atom. The molecule has 8 heteroatoms. The van der Waals surface area contributed by atoms with Gasteiger partial charge in [-0.25, -0.2) is 14.8 Å². The number of aromatic nitrogens is 2. The van der Waals surface area contributed by atoms with E-state index in [0.29, 0.717) is 29.3 Å². The van der Waals surface area contributed by atoms with Crippen LogP contribution in [0.15, 0.2) is 27.8 Å². The number of ether oxygens (including phenoxy) is 1. The van der Waals surface area contributed by atoms with E-state index < -0.39 is 5.97 Å². The summed E-state index contributed by atoms with van der Waals surface area (Å²) >= 11 is 1.43. The van der Waals surface area contributed by atoms with E-state index in [1.807, 2.05) is 6.07 Å². The van der Waals surface area contributed by atoms with Crippen molar-refractivity contribution >= 4 is 23.5 Å². The van der Waals surface area contributed by atoms with Gasteiger partial charge in [-0.3, -0.25) is 0 Å². The number of rotatable bonds is 7. The zero-order valence-corrected chi connectivity index (χ0v) is 15.8. The highest BCUT2D eigenvalue weighted by Crippen LogP contribution is 2.27. The predicted molar refractivity (Wildman–Crippen MR) is 98.6 cm³/mol. The SMILES string of the molecule is COCc1cc(N2CCCC[C@H]2C)nc(SCc2ccc(C(=O)O)o2)n1. The van der Waals surface area contributed by atoms with E-state index in [4.69, 9.17) is 19.2 Å². The summed E-state index contributed by atoms with van der Waals surface area (Å²) in [5.74, 6) is 0.852. The summed E-state index contributed by atoms with van der Waals surface area (Å²) in [5, 5.41) is 9.58. The second kappa shape index (κ2) is 8.55. The molecule has 3 rings (SSSR count). The van der Waals surface area contributed by atoms with Crippen LogP contribution in [0.3, 0.4) is 0 Å². The van der Waals surface area contributed by atoms with Gasteiger partial charge < -0.3 is 19.2 Å². The lowest BCUT2D eigenvalue weighted by molar-refractivity contribution is 0.0661. The number of carboxylic acids is 1. The maximum atomic E-state index is 10.9. The van der Waals surface area contributed by atoms with Crippen LogP contribution in [-0.2, 0) is 17.1 Å². The number of piperidine rings is 1. The van der Waals surface area contributed by atoms with Crippen molar-refractivity contribution in [2.75, 3.05) is 18.6 Å². The first-order chi connectivity index (χ1) is 12.6. The highest BCUT2D eigenvalue weighted by atomic mass is 32.2. The summed E-state index contributed by atoms with van der Waals surface area (Å²) in [4.78, 5) is 22.5. The Kier molecular flexibility index (Phi) is 6.16. The van der Waals surface area contributed by atoms with Crippen molar-refractivity contribution in [2.24, 2.45) is 0 Å². The quantitative estimate of drug-likeness (QED) is 0.578. The number of hydrogen-bond donors (Lipinski definition) is 1. The van der Waals surface area contributed by atoms with Crippen molar-refractivity contribution < 1.29 is 19.1 Å². The van der Waals surface area contributed by atoms with E-state index in [1.165, 1.54) is 30.7 Å². The molecule has 0 amide bonds. The van der Waals surface area contributed by atoms with Gasteiger partial charge >= 0.3 is 5.97 Å². The molecule has 7 nitrogen and oxygen atoms in total. The smallest absolute Gasteiger partial charge is 0.371 e. The first-order valence-electron chi connectivity index (χ1n) is 8.65. The van der Waals surface area contributed by atoms with Gasteiger partial charge in [-0.2, -0.15) is 0 Å². The third-order valence-corrected chi connectivity index (χ3v) is 5.22. The summed E-state index contributed by atoms with van der Waals surface area (Å²) in [6.45, 7) is 3.64. The Morgan fingerprint density at radius 3 is 2.96 bits per heavy atom. The number of methoxy groups -OCH3 is 1. The van der Waals surface area contributed by atoms with Crippen LogP contribution >= 0.6 is 11.8 Å². The molecule has 0 spiro atoms. The largest absolute Gasteiger partial charge is 0.475 e. The summed E-state index contributed by atoms with van der Waals surface area (Å²) in [6.07, 6.45) is 3.58. The molecule has 1 aliphatic rings. The fourth-order valence-corrected chi connectivity index (χ4v) is 3.80. The molecule has 0 aliphatic carbocycles. The maximum absolute atomic E-state index is 10.9. The minimum absolute atomic E-state index is 0.0579. The molecule has 2 aromatic heterocycles. The molecule has 0 unspecified atom stereocenters. The summed E-state index contributed by atoms with van der Waals surface area (Å²) < 4.78 is 10.5. The van der Waals surface area contributed by atoms with Crippen LogP contribution in [-0.4, -0.2) is 40.7 Å². The van der Waals surface area contributed by atoms with Crippen LogP contribution in [0.2, 0.25) is 0 Å². The Hall–Kier alpha value is -2.06. The second-order valence-corrected chi connectivity index (χ2v) is 7.27. The van der Waals surface area contributed by atoms with Crippen LogP contribution in [0.1, 0.15) is 48.2 Å². The molecular weight excluding hydrogens is 354 g/mol. The molecule has 3 heterocycles. The lowest BCUT2D eigenvalue weighted by atomic mass is 10.0. The first-order valence-corrected chi connectivity index (χ1v) is 9.63. The van der Waals surface area contributed by atoms with Crippen molar-refractivity contribution in [1.82, 2.24) is 9.97 Å². The number of furan rings is 1. The van der Waals surface area contributed by atoms with Gasteiger partial charge in [-0.05, 0) is 38.3 Å². The first kappa shape index (κ1) is 18.7. The highest BCUT2D eigenvalue weighted by molar-refractivity contribution is 7.98. The lowest BCUT2D eigenvalue weighted by Gasteiger charge is -2.34. The summed E-state index contributed by atoms with van der Waals surface area (Å²) in [6, 6.07) is 5.57. The zero-order chi connectivity index (χ0) is 18.5. The third kappa shape index (κ3) is 4.56. The molecule has 0 radical (unpaired) electrons. The van der Waals surface area contributed by atoms with Crippen LogP contribution in [0, 0.1) is 0 Å². The zero-order valence-electron chi connectivity index (χ0n) is 15.0. The number of thioether (sulfide) groups is 1. The fourth-order valence-electron chi connectivity index (χ4n) is 3.04. The van der Waals surface area contributed by atoms with Crippen LogP contribution in [0.4, 0.5) is 5.82 Å². The molecule has 1 saturated heterocycles. The number of nitrogens with zero attached hydrogens (tertiary/aromatic N) is 3. The lowest BCUT2D eigenvalue weighted by Crippen LogP contribution is -2.38. The Morgan fingerprint density at radius 2 is 2.27 bits per heavy atom. The van der Waals surface area contributed by atoms with Crippen molar-refractivity contribution in [1.29, 1.82) is 0 Å². The second-order valence-electron chi connectivity index (χ2n) is 6.33. The van der Waals surface area contributed by atoms with Gasteiger partial charge in [0.05, 0.1) is 18.1 Å². The average molecular weight is 377 g/mol. The van der Waals surface area contributed by atoms with Gasteiger partial charge in [0.1, 0.15) is 11.6 Å². The molecule has 0 bridgehead atoms. The number of aromatic carboxylic acids is 1. The van der Waals surface area contributed by atoms with Crippen molar-refractivity contribution in [3.63, 3.8) is 0 Å². The van der Waals surface area contributed by atoms with Gasteiger partial charge in [0.2, 0.25) is 5.76 Å². The monoisotopic (exact) mass is 377 g/mol. The Bertz CT molecular complexity index is 765. The molecule has 1 fully saturated rings. The molecule has 0 saturated carbocycles. The third-order valence-electron chi connectivity index (χ3n) is 4.35. The number of hydrogen-bond acceptors (Lipinski definition) is 7. The maximum Gasteiger partial charge on any atom is 0.371 e. The van der Waals surface area contributed by atoms with Crippen molar-refractivity contribution in [3.8, 4) is 0 Å². The van der Waals surface area contributed by atoms with Gasteiger partial charge in [-0.1, -0.05) is 11.8 Å². The number of carboxylic acid groups (broad SMARTS) is 1. The van der Waals surface area contributed by atoms with E-state index in [2.05, 4.69) is 16.8 Å². The van der Waals surface area contributed by atoms with Gasteiger partial charge in [0.25, 0.3) is 0 Å². The molecule has 1 aliphatic heterocycles. The van der Waals surface area contributed by atoms with Crippen molar-refractivity contribution in [3.05, 3.63) is 35.4 Å². The molecule has 1 atom stereocenters. The minimum Gasteiger partial charge on any atom is -0.475 e. The molecule has 140 valence electrons. The molecule has 0 aromatic carbocycles. The van der Waals surface area contributed by atoms with E-state index in [0.717, 1.165) is 24.5 Å². The van der Waals surface area contributed by atoms with Gasteiger partial charge in [-0.15, -0.1) is 0 Å². The number of anilines is 1. The van der Waals surface area contributed by atoms with E-state index in [9.17, 15) is 4.79 Å². The number of carbonyl (C=O) groups is 1. The fraction of sp³-hybridized carbons (Fsp3) is 0.500. The minimum atomic E-state index is -1.07. The van der Waals surface area contributed by atoms with Crippen LogP contribution in [0.5, 0.6) is 0 Å². The normalized spacial score (nSPS) is 17.5. The summed E-state index contributed by atoms with van der Waals surface area (Å²) in [5.41, 5.74) is 0.837. The van der Waals surface area contributed by atoms with Crippen LogP contribution in [0.25, 0.3) is 0 Å². The van der Waals surface area contributed by atoms with Crippen molar-refractivity contribution in [2.45, 2.75) is 49.7 Å². The van der Waals surface area contributed by atoms with Gasteiger partial charge in [0.15, 0.2) is 5.16 Å². The van der Waals surface area contributed by atoms with E-state index in [-0.39, 0.29) is 5.76 Å². The molecular formula is C18H23N3O4S. The van der Waals surface area contributed by atoms with Crippen LogP contribution < -0.4 is 4.90 Å². The Labute approximate surface area is 156 Å². The topological polar surface area (TPSA) is 88.7 Å². The standard InChI is InChI=1S/C18H23N3O4S/c1-12-5-3-4-8-21(12)16-9-13(10-24-2)19-18(20-16)26-11-14-6-7-15(25-14)17(22)23/h6-7,9,12H,3-5,8,10-11H2,1-2H3,(H,22,23)/t12-/m1/s1. The molecule has 2 aromatic rings. The average Bonchev–Trinajstić information content (AvgIpc) is 3.10. The van der Waals surface area contributed by atoms with Gasteiger partial charge in [0, 0.05) is 25.8 Å². The van der Waals surface area contributed by atoms with E-state index in [1.54, 1.807) is 13.2 Å². The van der Waals surface area contributed by atoms with E-state index >= 15 is 0 Å². The Balaban J connectivity index is 1.77. The predicted octanol–water partition coefficient (Wildman–Crippen LogP) is 3.59. The molecule has 1 N–H and O–H groups in total. The highest BCUT2D eigenvalue weighted by Gasteiger charge is 2.21.